The Balaban J connectivity index is 3.50. The number of hydrogen-bond donors (Lipinski definition) is 1. The van der Waals surface area contributed by atoms with E-state index in [2.05, 4.69) is 20.8 Å². The summed E-state index contributed by atoms with van der Waals surface area (Å²) < 4.78 is 0. The molecule has 0 saturated heterocycles. The van der Waals surface area contributed by atoms with Gasteiger partial charge in [0.2, 0.25) is 0 Å². The van der Waals surface area contributed by atoms with Gasteiger partial charge < -0.3 is 5.11 Å². The van der Waals surface area contributed by atoms with Crippen molar-refractivity contribution in [3.05, 3.63) is 0 Å². The summed E-state index contributed by atoms with van der Waals surface area (Å²) in [6.07, 6.45) is 3.27. The lowest BCUT2D eigenvalue weighted by Crippen LogP contribution is -2.18. The summed E-state index contributed by atoms with van der Waals surface area (Å²) in [5.41, 5.74) is 0.308. The molecule has 0 aromatic heterocycles. The topological polar surface area (TPSA) is 20.2 Å². The van der Waals surface area contributed by atoms with Crippen LogP contribution in [0.5, 0.6) is 0 Å². The normalized spacial score (nSPS) is 14.5. The summed E-state index contributed by atoms with van der Waals surface area (Å²) >= 11 is 2.01. The van der Waals surface area contributed by atoms with Crippen LogP contribution in [0.1, 0.15) is 47.0 Å². The summed E-state index contributed by atoms with van der Waals surface area (Å²) in [5, 5.41) is 9.29. The van der Waals surface area contributed by atoms with E-state index in [0.717, 1.165) is 6.42 Å². The van der Waals surface area contributed by atoms with Gasteiger partial charge in [-0.25, -0.2) is 0 Å². The number of aliphatic hydroxyl groups excluding tert-OH is 1. The van der Waals surface area contributed by atoms with Crippen LogP contribution in [0.15, 0.2) is 0 Å². The van der Waals surface area contributed by atoms with Crippen molar-refractivity contribution in [1.29, 1.82) is 0 Å². The molecule has 0 aliphatic heterocycles. The van der Waals surface area contributed by atoms with E-state index < -0.39 is 0 Å². The van der Waals surface area contributed by atoms with Gasteiger partial charge in [-0.15, -0.1) is 0 Å². The highest BCUT2D eigenvalue weighted by Crippen LogP contribution is 2.28. The highest BCUT2D eigenvalue weighted by Gasteiger charge is 2.19. The van der Waals surface area contributed by atoms with Gasteiger partial charge in [-0.05, 0) is 43.1 Å². The van der Waals surface area contributed by atoms with Crippen molar-refractivity contribution < 1.29 is 5.11 Å². The molecule has 0 aliphatic carbocycles. The van der Waals surface area contributed by atoms with Gasteiger partial charge in [-0.2, -0.15) is 11.8 Å². The Hall–Kier alpha value is 0.310. The molecule has 0 aliphatic rings. The van der Waals surface area contributed by atoms with Crippen LogP contribution in [-0.4, -0.2) is 22.7 Å². The molecule has 0 bridgehead atoms. The summed E-state index contributed by atoms with van der Waals surface area (Å²) in [4.78, 5) is 0. The van der Waals surface area contributed by atoms with Crippen molar-refractivity contribution in [3.63, 3.8) is 0 Å². The fourth-order valence-electron chi connectivity index (χ4n) is 1.70. The van der Waals surface area contributed by atoms with E-state index in [1.54, 1.807) is 0 Å². The second-order valence-electron chi connectivity index (χ2n) is 4.52. The smallest absolute Gasteiger partial charge is 0.0517 e. The molecule has 0 aromatic rings. The quantitative estimate of drug-likeness (QED) is 0.642. The van der Waals surface area contributed by atoms with Crippen molar-refractivity contribution >= 4 is 11.8 Å². The Bertz CT molecular complexity index is 121. The number of aliphatic hydroxyl groups is 1. The van der Waals surface area contributed by atoms with Crippen LogP contribution in [0, 0.1) is 5.41 Å². The largest absolute Gasteiger partial charge is 0.393 e. The predicted molar refractivity (Wildman–Crippen MR) is 62.3 cm³/mol. The summed E-state index contributed by atoms with van der Waals surface area (Å²) in [5.74, 6) is 2.48. The zero-order valence-electron chi connectivity index (χ0n) is 9.47. The molecular weight excluding hydrogens is 180 g/mol. The Labute approximate surface area is 87.3 Å². The second-order valence-corrected chi connectivity index (χ2v) is 5.91. The van der Waals surface area contributed by atoms with Crippen molar-refractivity contribution in [2.75, 3.05) is 11.5 Å². The fourth-order valence-corrected chi connectivity index (χ4v) is 2.34. The van der Waals surface area contributed by atoms with Crippen LogP contribution in [-0.2, 0) is 0 Å². The Morgan fingerprint density at radius 3 is 2.46 bits per heavy atom. The van der Waals surface area contributed by atoms with Crippen LogP contribution >= 0.6 is 11.8 Å². The maximum Gasteiger partial charge on any atom is 0.0517 e. The van der Waals surface area contributed by atoms with Crippen LogP contribution in [0.2, 0.25) is 0 Å². The Kier molecular flexibility index (Phi) is 6.88. The standard InChI is InChI=1S/C11H24OS/c1-5-13-8-6-7-11(3,4)9-10(2)12/h10,12H,5-9H2,1-4H3. The van der Waals surface area contributed by atoms with E-state index in [0.29, 0.717) is 5.41 Å². The maximum absolute atomic E-state index is 9.29. The fraction of sp³-hybridized carbons (Fsp3) is 1.00. The highest BCUT2D eigenvalue weighted by atomic mass is 32.2. The molecule has 1 atom stereocenters. The van der Waals surface area contributed by atoms with E-state index in [1.807, 2.05) is 18.7 Å². The van der Waals surface area contributed by atoms with Gasteiger partial charge >= 0.3 is 0 Å². The number of thioether (sulfide) groups is 1. The van der Waals surface area contributed by atoms with Gasteiger partial charge in [0.1, 0.15) is 0 Å². The van der Waals surface area contributed by atoms with Gasteiger partial charge in [0.25, 0.3) is 0 Å². The molecule has 0 spiro atoms. The first-order valence-corrected chi connectivity index (χ1v) is 6.39. The van der Waals surface area contributed by atoms with Gasteiger partial charge in [0.15, 0.2) is 0 Å². The van der Waals surface area contributed by atoms with E-state index in [-0.39, 0.29) is 6.10 Å². The third-order valence-corrected chi connectivity index (χ3v) is 3.18. The van der Waals surface area contributed by atoms with Gasteiger partial charge in [0, 0.05) is 0 Å². The molecule has 0 radical (unpaired) electrons. The van der Waals surface area contributed by atoms with Gasteiger partial charge in [-0.3, -0.25) is 0 Å². The van der Waals surface area contributed by atoms with Gasteiger partial charge in [-0.1, -0.05) is 20.8 Å². The molecule has 0 rings (SSSR count). The molecule has 1 nitrogen and oxygen atoms in total. The summed E-state index contributed by atoms with van der Waals surface area (Å²) in [6.45, 7) is 8.57. The minimum atomic E-state index is -0.158. The molecule has 0 saturated carbocycles. The molecule has 2 heteroatoms. The van der Waals surface area contributed by atoms with E-state index in [4.69, 9.17) is 0 Å². The van der Waals surface area contributed by atoms with Crippen molar-refractivity contribution in [2.45, 2.75) is 53.1 Å². The Morgan fingerprint density at radius 2 is 2.00 bits per heavy atom. The van der Waals surface area contributed by atoms with Crippen LogP contribution in [0.3, 0.4) is 0 Å². The molecule has 1 N–H and O–H groups in total. The number of rotatable bonds is 7. The third-order valence-electron chi connectivity index (χ3n) is 2.19. The minimum absolute atomic E-state index is 0.158. The molecule has 1 unspecified atom stereocenters. The molecular formula is C11H24OS. The third kappa shape index (κ3) is 8.63. The van der Waals surface area contributed by atoms with Crippen LogP contribution in [0.4, 0.5) is 0 Å². The summed E-state index contributed by atoms with van der Waals surface area (Å²) in [6, 6.07) is 0. The van der Waals surface area contributed by atoms with Gasteiger partial charge in [0.05, 0.1) is 6.10 Å². The lowest BCUT2D eigenvalue weighted by molar-refractivity contribution is 0.124. The summed E-state index contributed by atoms with van der Waals surface area (Å²) in [7, 11) is 0. The average molecular weight is 204 g/mol. The van der Waals surface area contributed by atoms with Crippen molar-refractivity contribution in [2.24, 2.45) is 5.41 Å². The SMILES string of the molecule is CCSCCCC(C)(C)CC(C)O. The highest BCUT2D eigenvalue weighted by molar-refractivity contribution is 7.99. The predicted octanol–water partition coefficient (Wildman–Crippen LogP) is 3.32. The lowest BCUT2D eigenvalue weighted by Gasteiger charge is -2.25. The first-order valence-electron chi connectivity index (χ1n) is 5.24. The molecule has 80 valence electrons. The maximum atomic E-state index is 9.29. The minimum Gasteiger partial charge on any atom is -0.393 e. The molecule has 0 aromatic carbocycles. The van der Waals surface area contributed by atoms with E-state index in [9.17, 15) is 5.11 Å². The molecule has 0 heterocycles. The molecule has 0 amide bonds. The molecule has 13 heavy (non-hydrogen) atoms. The van der Waals surface area contributed by atoms with Crippen molar-refractivity contribution in [3.8, 4) is 0 Å². The first kappa shape index (κ1) is 13.3. The zero-order valence-corrected chi connectivity index (χ0v) is 10.3. The first-order chi connectivity index (χ1) is 5.98. The number of hydrogen-bond acceptors (Lipinski definition) is 2. The Morgan fingerprint density at radius 1 is 1.38 bits per heavy atom. The average Bonchev–Trinajstić information content (AvgIpc) is 1.95. The zero-order chi connectivity index (χ0) is 10.3. The van der Waals surface area contributed by atoms with E-state index in [1.165, 1.54) is 24.3 Å². The van der Waals surface area contributed by atoms with E-state index >= 15 is 0 Å². The van der Waals surface area contributed by atoms with Crippen LogP contribution < -0.4 is 0 Å². The van der Waals surface area contributed by atoms with Crippen LogP contribution in [0.25, 0.3) is 0 Å². The molecule has 0 fully saturated rings. The lowest BCUT2D eigenvalue weighted by atomic mass is 9.83. The monoisotopic (exact) mass is 204 g/mol. The van der Waals surface area contributed by atoms with Crippen molar-refractivity contribution in [1.82, 2.24) is 0 Å². The second kappa shape index (κ2) is 6.72.